The van der Waals surface area contributed by atoms with Gasteiger partial charge in [0.25, 0.3) is 5.91 Å². The van der Waals surface area contributed by atoms with Crippen molar-refractivity contribution in [3.8, 4) is 0 Å². The summed E-state index contributed by atoms with van der Waals surface area (Å²) >= 11 is 1.43. The first-order valence-electron chi connectivity index (χ1n) is 8.41. The van der Waals surface area contributed by atoms with Gasteiger partial charge in [-0.15, -0.1) is 11.8 Å². The van der Waals surface area contributed by atoms with Gasteiger partial charge in [0.15, 0.2) is 0 Å². The van der Waals surface area contributed by atoms with Crippen LogP contribution in [-0.2, 0) is 15.2 Å². The minimum absolute atomic E-state index is 0.231. The van der Waals surface area contributed by atoms with E-state index in [4.69, 9.17) is 10.5 Å². The molecule has 0 atom stereocenters. The van der Waals surface area contributed by atoms with Crippen LogP contribution in [0.25, 0.3) is 11.0 Å². The summed E-state index contributed by atoms with van der Waals surface area (Å²) in [6.45, 7) is 0. The number of para-hydroxylation sites is 1. The van der Waals surface area contributed by atoms with Gasteiger partial charge < -0.3 is 15.2 Å². The number of anilines is 1. The summed E-state index contributed by atoms with van der Waals surface area (Å²) in [6, 6.07) is 12.0. The number of nitrogens with zero attached hydrogens (tertiary/aromatic N) is 2. The van der Waals surface area contributed by atoms with Gasteiger partial charge in [-0.2, -0.15) is 0 Å². The molecule has 0 fully saturated rings. The fourth-order valence-corrected chi connectivity index (χ4v) is 3.51. The lowest BCUT2D eigenvalue weighted by molar-refractivity contribution is 0.100. The van der Waals surface area contributed by atoms with Crippen LogP contribution in [0.1, 0.15) is 16.2 Å². The number of carbonyl (C=O) groups is 3. The van der Waals surface area contributed by atoms with E-state index in [2.05, 4.69) is 15.0 Å². The van der Waals surface area contributed by atoms with Gasteiger partial charge in [-0.1, -0.05) is 6.07 Å². The van der Waals surface area contributed by atoms with Gasteiger partial charge in [0.2, 0.25) is 0 Å². The molecule has 0 saturated carbocycles. The summed E-state index contributed by atoms with van der Waals surface area (Å²) < 4.78 is 10.7. The number of nitrogens with one attached hydrogen (secondary N) is 1. The number of ether oxygens (including phenoxy) is 2. The second kappa shape index (κ2) is 8.65. The Morgan fingerprint density at radius 1 is 1.10 bits per heavy atom. The van der Waals surface area contributed by atoms with E-state index in [9.17, 15) is 14.4 Å². The zero-order valence-corrected chi connectivity index (χ0v) is 16.5. The molecule has 0 aliphatic rings. The number of aromatic nitrogens is 2. The lowest BCUT2D eigenvalue weighted by Crippen LogP contribution is -2.14. The topological polar surface area (TPSA) is 126 Å². The predicted octanol–water partition coefficient (Wildman–Crippen LogP) is 3.22. The van der Waals surface area contributed by atoms with Crippen LogP contribution >= 0.6 is 11.8 Å². The number of carbonyl (C=O) groups excluding carboxylic acids is 3. The second-order valence-corrected chi connectivity index (χ2v) is 6.85. The van der Waals surface area contributed by atoms with Gasteiger partial charge >= 0.3 is 12.2 Å². The third kappa shape index (κ3) is 4.32. The SMILES string of the molecule is COC(=O)Nc1ccc(SCc2nc3c(C(N)=O)cccc3n2C(=O)OC)cc1. The van der Waals surface area contributed by atoms with Gasteiger partial charge in [-0.25, -0.2) is 19.1 Å². The van der Waals surface area contributed by atoms with Gasteiger partial charge in [0.05, 0.1) is 31.1 Å². The van der Waals surface area contributed by atoms with E-state index < -0.39 is 18.1 Å². The zero-order valence-electron chi connectivity index (χ0n) is 15.7. The largest absolute Gasteiger partial charge is 0.453 e. The third-order valence-corrected chi connectivity index (χ3v) is 5.04. The predicted molar refractivity (Wildman–Crippen MR) is 108 cm³/mol. The van der Waals surface area contributed by atoms with Crippen LogP contribution in [0.2, 0.25) is 0 Å². The molecular formula is C19H18N4O5S. The molecule has 0 unspecified atom stereocenters. The summed E-state index contributed by atoms with van der Waals surface area (Å²) in [5.74, 6) is 0.131. The highest BCUT2D eigenvalue weighted by molar-refractivity contribution is 7.98. The number of methoxy groups -OCH3 is 2. The molecule has 0 aliphatic carbocycles. The second-order valence-electron chi connectivity index (χ2n) is 5.80. The highest BCUT2D eigenvalue weighted by atomic mass is 32.2. The molecule has 29 heavy (non-hydrogen) atoms. The van der Waals surface area contributed by atoms with Crippen LogP contribution in [0, 0.1) is 0 Å². The van der Waals surface area contributed by atoms with Crippen LogP contribution in [0.4, 0.5) is 15.3 Å². The number of primary amides is 1. The molecular weight excluding hydrogens is 396 g/mol. The molecule has 1 aromatic heterocycles. The standard InChI is InChI=1S/C19H18N4O5S/c1-27-18(25)21-11-6-8-12(9-7-11)29-10-15-22-16-13(17(20)24)4-3-5-14(16)23(15)19(26)28-2/h3-9H,10H2,1-2H3,(H2,20,24)(H,21,25). The minimum Gasteiger partial charge on any atom is -0.453 e. The van der Waals surface area contributed by atoms with Crippen LogP contribution in [0.5, 0.6) is 0 Å². The highest BCUT2D eigenvalue weighted by Crippen LogP contribution is 2.27. The summed E-state index contributed by atoms with van der Waals surface area (Å²) in [6.07, 6.45) is -1.16. The minimum atomic E-state index is -0.627. The van der Waals surface area contributed by atoms with Gasteiger partial charge in [-0.3, -0.25) is 10.1 Å². The van der Waals surface area contributed by atoms with Crippen molar-refractivity contribution < 1.29 is 23.9 Å². The molecule has 2 aromatic carbocycles. The van der Waals surface area contributed by atoms with Crippen molar-refractivity contribution in [3.05, 3.63) is 53.9 Å². The quantitative estimate of drug-likeness (QED) is 0.614. The third-order valence-electron chi connectivity index (χ3n) is 4.03. The number of imidazole rings is 1. The fourth-order valence-electron chi connectivity index (χ4n) is 2.69. The highest BCUT2D eigenvalue weighted by Gasteiger charge is 2.20. The Bertz CT molecular complexity index is 1080. The first-order chi connectivity index (χ1) is 13.9. The molecule has 1 heterocycles. The summed E-state index contributed by atoms with van der Waals surface area (Å²) in [4.78, 5) is 40.6. The van der Waals surface area contributed by atoms with Crippen LogP contribution < -0.4 is 11.1 Å². The molecule has 0 saturated heterocycles. The summed E-state index contributed by atoms with van der Waals surface area (Å²) in [7, 11) is 2.56. The van der Waals surface area contributed by atoms with E-state index in [1.807, 2.05) is 12.1 Å². The fraction of sp³-hybridized carbons (Fsp3) is 0.158. The Kier molecular flexibility index (Phi) is 6.03. The maximum atomic E-state index is 12.3. The number of amides is 2. The van der Waals surface area contributed by atoms with E-state index in [0.29, 0.717) is 28.3 Å². The monoisotopic (exact) mass is 414 g/mol. The molecule has 3 aromatic rings. The van der Waals surface area contributed by atoms with Crippen LogP contribution in [-0.4, -0.2) is 41.9 Å². The first kappa shape index (κ1) is 20.2. The average molecular weight is 414 g/mol. The van der Waals surface area contributed by atoms with Crippen LogP contribution in [0.15, 0.2) is 47.4 Å². The number of benzene rings is 2. The molecule has 150 valence electrons. The normalized spacial score (nSPS) is 10.6. The molecule has 2 amide bonds. The van der Waals surface area contributed by atoms with Crippen molar-refractivity contribution in [3.63, 3.8) is 0 Å². The van der Waals surface area contributed by atoms with Crippen molar-refractivity contribution in [1.29, 1.82) is 0 Å². The van der Waals surface area contributed by atoms with Crippen molar-refractivity contribution in [1.82, 2.24) is 9.55 Å². The summed E-state index contributed by atoms with van der Waals surface area (Å²) in [5.41, 5.74) is 7.04. The van der Waals surface area contributed by atoms with E-state index in [0.717, 1.165) is 4.90 Å². The molecule has 3 N–H and O–H groups in total. The lowest BCUT2D eigenvalue weighted by Gasteiger charge is -2.07. The lowest BCUT2D eigenvalue weighted by atomic mass is 10.2. The molecule has 9 nitrogen and oxygen atoms in total. The van der Waals surface area contributed by atoms with Crippen molar-refractivity contribution >= 4 is 46.6 Å². The van der Waals surface area contributed by atoms with Crippen molar-refractivity contribution in [2.45, 2.75) is 10.6 Å². The Morgan fingerprint density at radius 2 is 1.83 bits per heavy atom. The Hall–Kier alpha value is -3.53. The molecule has 0 radical (unpaired) electrons. The van der Waals surface area contributed by atoms with E-state index in [-0.39, 0.29) is 5.56 Å². The Labute approximate surface area is 170 Å². The van der Waals surface area contributed by atoms with Crippen molar-refractivity contribution in [2.75, 3.05) is 19.5 Å². The molecule has 0 bridgehead atoms. The number of rotatable bonds is 5. The number of nitrogens with two attached hydrogens (primary N) is 1. The maximum Gasteiger partial charge on any atom is 0.419 e. The Morgan fingerprint density at radius 3 is 2.45 bits per heavy atom. The number of hydrogen-bond donors (Lipinski definition) is 2. The smallest absolute Gasteiger partial charge is 0.419 e. The zero-order chi connectivity index (χ0) is 21.0. The van der Waals surface area contributed by atoms with Crippen molar-refractivity contribution in [2.24, 2.45) is 5.73 Å². The van der Waals surface area contributed by atoms with E-state index in [1.165, 1.54) is 30.5 Å². The molecule has 0 spiro atoms. The average Bonchev–Trinajstić information content (AvgIpc) is 3.10. The number of fused-ring (bicyclic) bond motifs is 1. The van der Waals surface area contributed by atoms with E-state index >= 15 is 0 Å². The van der Waals surface area contributed by atoms with Gasteiger partial charge in [0, 0.05) is 10.6 Å². The van der Waals surface area contributed by atoms with Gasteiger partial charge in [0.1, 0.15) is 11.3 Å². The number of hydrogen-bond acceptors (Lipinski definition) is 7. The molecule has 3 rings (SSSR count). The van der Waals surface area contributed by atoms with Gasteiger partial charge in [-0.05, 0) is 36.4 Å². The maximum absolute atomic E-state index is 12.3. The first-order valence-corrected chi connectivity index (χ1v) is 9.39. The van der Waals surface area contributed by atoms with Crippen LogP contribution in [0.3, 0.4) is 0 Å². The molecule has 0 aliphatic heterocycles. The number of thioether (sulfide) groups is 1. The Balaban J connectivity index is 1.87. The summed E-state index contributed by atoms with van der Waals surface area (Å²) in [5, 5.41) is 2.57. The van der Waals surface area contributed by atoms with E-state index in [1.54, 1.807) is 30.3 Å². The molecule has 10 heteroatoms.